The number of hydrogen-bond donors (Lipinski definition) is 1. The first kappa shape index (κ1) is 9.47. The van der Waals surface area contributed by atoms with Gasteiger partial charge in [0, 0.05) is 12.6 Å². The third-order valence-electron chi connectivity index (χ3n) is 3.71. The molecule has 1 saturated heterocycles. The zero-order valence-electron chi connectivity index (χ0n) is 8.79. The molecule has 1 N–H and O–H groups in total. The van der Waals surface area contributed by atoms with E-state index in [0.717, 1.165) is 25.3 Å². The van der Waals surface area contributed by atoms with E-state index in [0.29, 0.717) is 6.04 Å². The highest BCUT2D eigenvalue weighted by Gasteiger charge is 2.50. The van der Waals surface area contributed by atoms with Crippen LogP contribution in [0.15, 0.2) is 0 Å². The van der Waals surface area contributed by atoms with Crippen LogP contribution < -0.4 is 0 Å². The first-order valence-electron chi connectivity index (χ1n) is 5.62. The summed E-state index contributed by atoms with van der Waals surface area (Å²) < 4.78 is 0. The zero-order chi connectivity index (χ0) is 9.47. The Morgan fingerprint density at radius 3 is 2.62 bits per heavy atom. The molecule has 1 aliphatic heterocycles. The molecule has 0 radical (unpaired) electrons. The third kappa shape index (κ3) is 1.75. The number of likely N-dealkylation sites (N-methyl/N-ethyl adjacent to an activating group) is 1. The molecule has 76 valence electrons. The van der Waals surface area contributed by atoms with Crippen LogP contribution >= 0.6 is 0 Å². The minimum absolute atomic E-state index is 0.295. The summed E-state index contributed by atoms with van der Waals surface area (Å²) in [6.07, 6.45) is 4.56. The lowest BCUT2D eigenvalue weighted by Gasteiger charge is -2.40. The van der Waals surface area contributed by atoms with Crippen LogP contribution in [0.5, 0.6) is 0 Å². The number of aliphatic hydroxyl groups is 1. The molecule has 0 aromatic heterocycles. The SMILES string of the molecule is CCN1C[C@@H](C)CC[C@H]1C1(O)CC1. The van der Waals surface area contributed by atoms with E-state index in [9.17, 15) is 5.11 Å². The zero-order valence-corrected chi connectivity index (χ0v) is 8.79. The second kappa shape index (κ2) is 3.25. The van der Waals surface area contributed by atoms with Crippen LogP contribution in [0.25, 0.3) is 0 Å². The molecule has 2 heteroatoms. The van der Waals surface area contributed by atoms with Gasteiger partial charge in [-0.05, 0) is 38.1 Å². The molecule has 1 saturated carbocycles. The smallest absolute Gasteiger partial charge is 0.0804 e. The van der Waals surface area contributed by atoms with Crippen molar-refractivity contribution in [2.75, 3.05) is 13.1 Å². The van der Waals surface area contributed by atoms with Crippen LogP contribution in [-0.2, 0) is 0 Å². The Bertz CT molecular complexity index is 189. The van der Waals surface area contributed by atoms with E-state index in [1.807, 2.05) is 0 Å². The highest BCUT2D eigenvalue weighted by atomic mass is 16.3. The second-order valence-corrected chi connectivity index (χ2v) is 4.89. The highest BCUT2D eigenvalue weighted by Crippen LogP contribution is 2.44. The van der Waals surface area contributed by atoms with Crippen LogP contribution in [0, 0.1) is 5.92 Å². The fraction of sp³-hybridized carbons (Fsp3) is 1.00. The number of rotatable bonds is 2. The molecule has 0 unspecified atom stereocenters. The highest BCUT2D eigenvalue weighted by molar-refractivity contribution is 5.05. The van der Waals surface area contributed by atoms with Gasteiger partial charge in [-0.2, -0.15) is 0 Å². The molecule has 13 heavy (non-hydrogen) atoms. The summed E-state index contributed by atoms with van der Waals surface area (Å²) in [6.45, 7) is 6.80. The average Bonchev–Trinajstić information content (AvgIpc) is 2.84. The van der Waals surface area contributed by atoms with Crippen LogP contribution in [0.1, 0.15) is 39.5 Å². The maximum atomic E-state index is 10.1. The molecule has 1 heterocycles. The van der Waals surface area contributed by atoms with E-state index in [1.165, 1.54) is 19.4 Å². The summed E-state index contributed by atoms with van der Waals surface area (Å²) in [5.41, 5.74) is -0.295. The number of piperidine rings is 1. The summed E-state index contributed by atoms with van der Waals surface area (Å²) >= 11 is 0. The van der Waals surface area contributed by atoms with E-state index in [4.69, 9.17) is 0 Å². The van der Waals surface area contributed by atoms with Gasteiger partial charge in [-0.15, -0.1) is 0 Å². The monoisotopic (exact) mass is 183 g/mol. The molecule has 2 aliphatic rings. The van der Waals surface area contributed by atoms with Crippen molar-refractivity contribution in [2.24, 2.45) is 5.92 Å². The molecule has 0 bridgehead atoms. The molecule has 2 fully saturated rings. The molecule has 0 aromatic rings. The molecule has 2 rings (SSSR count). The predicted octanol–water partition coefficient (Wildman–Crippen LogP) is 1.63. The van der Waals surface area contributed by atoms with Crippen molar-refractivity contribution in [2.45, 2.75) is 51.2 Å². The Morgan fingerprint density at radius 2 is 2.08 bits per heavy atom. The van der Waals surface area contributed by atoms with Crippen molar-refractivity contribution in [3.05, 3.63) is 0 Å². The van der Waals surface area contributed by atoms with E-state index in [1.54, 1.807) is 0 Å². The summed E-state index contributed by atoms with van der Waals surface area (Å²) in [7, 11) is 0. The van der Waals surface area contributed by atoms with Gasteiger partial charge in [0.25, 0.3) is 0 Å². The lowest BCUT2D eigenvalue weighted by molar-refractivity contribution is -0.00197. The summed E-state index contributed by atoms with van der Waals surface area (Å²) in [5.74, 6) is 0.818. The Balaban J connectivity index is 2.01. The first-order valence-corrected chi connectivity index (χ1v) is 5.62. The van der Waals surface area contributed by atoms with E-state index in [-0.39, 0.29) is 5.60 Å². The lowest BCUT2D eigenvalue weighted by Crippen LogP contribution is -2.50. The first-order chi connectivity index (χ1) is 6.15. The number of nitrogens with zero attached hydrogens (tertiary/aromatic N) is 1. The normalized spacial score (nSPS) is 39.0. The topological polar surface area (TPSA) is 23.5 Å². The largest absolute Gasteiger partial charge is 0.388 e. The van der Waals surface area contributed by atoms with Crippen molar-refractivity contribution in [1.82, 2.24) is 4.90 Å². The summed E-state index contributed by atoms with van der Waals surface area (Å²) in [4.78, 5) is 2.47. The van der Waals surface area contributed by atoms with Crippen molar-refractivity contribution in [1.29, 1.82) is 0 Å². The Labute approximate surface area is 80.9 Å². The van der Waals surface area contributed by atoms with Crippen LogP contribution in [0.4, 0.5) is 0 Å². The van der Waals surface area contributed by atoms with Crippen LogP contribution in [0.2, 0.25) is 0 Å². The summed E-state index contributed by atoms with van der Waals surface area (Å²) in [5, 5.41) is 10.1. The average molecular weight is 183 g/mol. The lowest BCUT2D eigenvalue weighted by atomic mass is 9.90. The molecular weight excluding hydrogens is 162 g/mol. The van der Waals surface area contributed by atoms with Gasteiger partial charge in [0.2, 0.25) is 0 Å². The van der Waals surface area contributed by atoms with Gasteiger partial charge < -0.3 is 5.11 Å². The third-order valence-corrected chi connectivity index (χ3v) is 3.71. The quantitative estimate of drug-likeness (QED) is 0.703. The molecular formula is C11H21NO. The van der Waals surface area contributed by atoms with Crippen LogP contribution in [0.3, 0.4) is 0 Å². The minimum atomic E-state index is -0.295. The van der Waals surface area contributed by atoms with Crippen molar-refractivity contribution in [3.63, 3.8) is 0 Å². The van der Waals surface area contributed by atoms with Gasteiger partial charge in [0.15, 0.2) is 0 Å². The molecule has 0 aromatic carbocycles. The van der Waals surface area contributed by atoms with Gasteiger partial charge in [0.1, 0.15) is 0 Å². The molecule has 0 amide bonds. The maximum Gasteiger partial charge on any atom is 0.0804 e. The Kier molecular flexibility index (Phi) is 2.37. The van der Waals surface area contributed by atoms with Crippen LogP contribution in [-0.4, -0.2) is 34.7 Å². The van der Waals surface area contributed by atoms with Gasteiger partial charge in [-0.3, -0.25) is 4.90 Å². The van der Waals surface area contributed by atoms with E-state index < -0.39 is 0 Å². The van der Waals surface area contributed by atoms with Crippen molar-refractivity contribution >= 4 is 0 Å². The van der Waals surface area contributed by atoms with E-state index in [2.05, 4.69) is 18.7 Å². The Hall–Kier alpha value is -0.0800. The van der Waals surface area contributed by atoms with Crippen molar-refractivity contribution < 1.29 is 5.11 Å². The summed E-state index contributed by atoms with van der Waals surface area (Å²) in [6, 6.07) is 0.466. The second-order valence-electron chi connectivity index (χ2n) is 4.89. The van der Waals surface area contributed by atoms with Gasteiger partial charge in [-0.1, -0.05) is 13.8 Å². The Morgan fingerprint density at radius 1 is 1.38 bits per heavy atom. The van der Waals surface area contributed by atoms with E-state index >= 15 is 0 Å². The number of likely N-dealkylation sites (tertiary alicyclic amines) is 1. The fourth-order valence-electron chi connectivity index (χ4n) is 2.66. The molecule has 1 aliphatic carbocycles. The van der Waals surface area contributed by atoms with Gasteiger partial charge >= 0.3 is 0 Å². The standard InChI is InChI=1S/C11H21NO/c1-3-12-8-9(2)4-5-10(12)11(13)6-7-11/h9-10,13H,3-8H2,1-2H3/t9-,10-/m0/s1. The van der Waals surface area contributed by atoms with Gasteiger partial charge in [-0.25, -0.2) is 0 Å². The maximum absolute atomic E-state index is 10.1. The minimum Gasteiger partial charge on any atom is -0.388 e. The predicted molar refractivity (Wildman–Crippen MR) is 53.6 cm³/mol. The molecule has 2 nitrogen and oxygen atoms in total. The van der Waals surface area contributed by atoms with Gasteiger partial charge in [0.05, 0.1) is 5.60 Å². The van der Waals surface area contributed by atoms with Crippen molar-refractivity contribution in [3.8, 4) is 0 Å². The molecule has 2 atom stereocenters. The number of hydrogen-bond acceptors (Lipinski definition) is 2. The fourth-order valence-corrected chi connectivity index (χ4v) is 2.66. The molecule has 0 spiro atoms.